The number of carboxylic acid groups (broad SMARTS) is 1. The van der Waals surface area contributed by atoms with E-state index in [1.54, 1.807) is 0 Å². The Balaban J connectivity index is 3.50. The van der Waals surface area contributed by atoms with E-state index in [-0.39, 0.29) is 0 Å². The zero-order chi connectivity index (χ0) is 10.0. The highest BCUT2D eigenvalue weighted by Gasteiger charge is 2.16. The van der Waals surface area contributed by atoms with Gasteiger partial charge in [-0.15, -0.1) is 0 Å². The van der Waals surface area contributed by atoms with Crippen molar-refractivity contribution in [3.63, 3.8) is 0 Å². The summed E-state index contributed by atoms with van der Waals surface area (Å²) in [4.78, 5) is 10.5. The van der Waals surface area contributed by atoms with Crippen molar-refractivity contribution in [3.05, 3.63) is 29.1 Å². The SMILES string of the molecule is N#Cc1c(C(=O)O)ccc(F)c1O. The molecule has 0 aromatic heterocycles. The van der Waals surface area contributed by atoms with Crippen molar-refractivity contribution < 1.29 is 19.4 Å². The number of phenolic OH excluding ortho intramolecular Hbond substituents is 1. The Labute approximate surface area is 72.5 Å². The Morgan fingerprint density at radius 3 is 2.62 bits per heavy atom. The van der Waals surface area contributed by atoms with Crippen LogP contribution in [0.2, 0.25) is 0 Å². The molecule has 0 radical (unpaired) electrons. The van der Waals surface area contributed by atoms with Gasteiger partial charge in [-0.2, -0.15) is 5.26 Å². The summed E-state index contributed by atoms with van der Waals surface area (Å²) in [7, 11) is 0. The van der Waals surface area contributed by atoms with Crippen LogP contribution in [0.25, 0.3) is 0 Å². The molecule has 2 N–H and O–H groups in total. The standard InChI is InChI=1S/C8H4FNO3/c9-6-2-1-4(8(12)13)5(3-10)7(6)11/h1-2,11H,(H,12,13). The van der Waals surface area contributed by atoms with E-state index in [1.807, 2.05) is 0 Å². The van der Waals surface area contributed by atoms with Crippen LogP contribution in [-0.4, -0.2) is 16.2 Å². The lowest BCUT2D eigenvalue weighted by Crippen LogP contribution is -2.01. The predicted octanol–water partition coefficient (Wildman–Crippen LogP) is 1.10. The van der Waals surface area contributed by atoms with Gasteiger partial charge >= 0.3 is 5.97 Å². The first-order valence-corrected chi connectivity index (χ1v) is 3.22. The van der Waals surface area contributed by atoms with Crippen molar-refractivity contribution in [2.75, 3.05) is 0 Å². The maximum atomic E-state index is 12.6. The summed E-state index contributed by atoms with van der Waals surface area (Å²) < 4.78 is 12.6. The summed E-state index contributed by atoms with van der Waals surface area (Å²) >= 11 is 0. The number of aromatic hydroxyl groups is 1. The topological polar surface area (TPSA) is 81.3 Å². The summed E-state index contributed by atoms with van der Waals surface area (Å²) in [6.45, 7) is 0. The maximum Gasteiger partial charge on any atom is 0.337 e. The number of rotatable bonds is 1. The third-order valence-electron chi connectivity index (χ3n) is 1.47. The monoisotopic (exact) mass is 181 g/mol. The lowest BCUT2D eigenvalue weighted by atomic mass is 10.1. The number of carboxylic acids is 1. The van der Waals surface area contributed by atoms with Gasteiger partial charge in [0.1, 0.15) is 11.6 Å². The Kier molecular flexibility index (Phi) is 2.15. The molecule has 0 amide bonds. The molecule has 0 unspecified atom stereocenters. The van der Waals surface area contributed by atoms with Crippen molar-refractivity contribution in [1.29, 1.82) is 5.26 Å². The highest BCUT2D eigenvalue weighted by molar-refractivity contribution is 5.91. The number of hydrogen-bond donors (Lipinski definition) is 2. The molecule has 1 aromatic carbocycles. The van der Waals surface area contributed by atoms with E-state index in [2.05, 4.69) is 0 Å². The molecule has 0 aliphatic carbocycles. The Morgan fingerprint density at radius 1 is 1.54 bits per heavy atom. The zero-order valence-corrected chi connectivity index (χ0v) is 6.28. The van der Waals surface area contributed by atoms with E-state index in [0.717, 1.165) is 12.1 Å². The molecule has 1 rings (SSSR count). The van der Waals surface area contributed by atoms with Gasteiger partial charge in [0.15, 0.2) is 11.6 Å². The van der Waals surface area contributed by atoms with Gasteiger partial charge in [0, 0.05) is 0 Å². The second-order valence-corrected chi connectivity index (χ2v) is 2.24. The highest BCUT2D eigenvalue weighted by Crippen LogP contribution is 2.23. The largest absolute Gasteiger partial charge is 0.504 e. The molecule has 5 heteroatoms. The quantitative estimate of drug-likeness (QED) is 0.679. The molecular weight excluding hydrogens is 177 g/mol. The van der Waals surface area contributed by atoms with E-state index in [1.165, 1.54) is 6.07 Å². The van der Waals surface area contributed by atoms with Crippen LogP contribution >= 0.6 is 0 Å². The molecule has 0 heterocycles. The van der Waals surface area contributed by atoms with Crippen LogP contribution in [0.3, 0.4) is 0 Å². The molecule has 0 aliphatic heterocycles. The minimum atomic E-state index is -1.38. The maximum absolute atomic E-state index is 12.6. The van der Waals surface area contributed by atoms with Crippen molar-refractivity contribution in [2.24, 2.45) is 0 Å². The zero-order valence-electron chi connectivity index (χ0n) is 6.28. The van der Waals surface area contributed by atoms with Gasteiger partial charge < -0.3 is 10.2 Å². The average molecular weight is 181 g/mol. The lowest BCUT2D eigenvalue weighted by molar-refractivity contribution is 0.0696. The summed E-state index contributed by atoms with van der Waals surface area (Å²) in [6, 6.07) is 3.13. The molecule has 0 atom stereocenters. The summed E-state index contributed by atoms with van der Waals surface area (Å²) in [6.07, 6.45) is 0. The third-order valence-corrected chi connectivity index (χ3v) is 1.47. The molecule has 0 fully saturated rings. The van der Waals surface area contributed by atoms with Gasteiger partial charge in [-0.3, -0.25) is 0 Å². The van der Waals surface area contributed by atoms with E-state index in [9.17, 15) is 9.18 Å². The number of benzene rings is 1. The van der Waals surface area contributed by atoms with Crippen LogP contribution in [-0.2, 0) is 0 Å². The van der Waals surface area contributed by atoms with Gasteiger partial charge in [0.2, 0.25) is 0 Å². The summed E-state index contributed by atoms with van der Waals surface area (Å²) in [5.74, 6) is -3.32. The number of nitriles is 1. The van der Waals surface area contributed by atoms with Gasteiger partial charge in [-0.05, 0) is 12.1 Å². The first-order valence-electron chi connectivity index (χ1n) is 3.22. The lowest BCUT2D eigenvalue weighted by Gasteiger charge is -2.00. The minimum absolute atomic E-state index is 0.415. The van der Waals surface area contributed by atoms with Crippen LogP contribution in [0.1, 0.15) is 15.9 Å². The van der Waals surface area contributed by atoms with Gasteiger partial charge in [-0.1, -0.05) is 0 Å². The van der Waals surface area contributed by atoms with Crippen molar-refractivity contribution >= 4 is 5.97 Å². The van der Waals surface area contributed by atoms with Crippen molar-refractivity contribution in [2.45, 2.75) is 0 Å². The van der Waals surface area contributed by atoms with Crippen LogP contribution < -0.4 is 0 Å². The average Bonchev–Trinajstić information content (AvgIpc) is 2.09. The fourth-order valence-electron chi connectivity index (χ4n) is 0.857. The smallest absolute Gasteiger partial charge is 0.337 e. The first-order chi connectivity index (χ1) is 6.07. The van der Waals surface area contributed by atoms with Crippen molar-refractivity contribution in [1.82, 2.24) is 0 Å². The van der Waals surface area contributed by atoms with Crippen LogP contribution in [0, 0.1) is 17.1 Å². The summed E-state index contributed by atoms with van der Waals surface area (Å²) in [5, 5.41) is 25.9. The number of nitrogens with zero attached hydrogens (tertiary/aromatic N) is 1. The first kappa shape index (κ1) is 9.00. The number of carbonyl (C=O) groups is 1. The second kappa shape index (κ2) is 3.11. The molecule has 0 saturated carbocycles. The predicted molar refractivity (Wildman–Crippen MR) is 39.7 cm³/mol. The number of phenols is 1. The molecule has 4 nitrogen and oxygen atoms in total. The Hall–Kier alpha value is -2.09. The minimum Gasteiger partial charge on any atom is -0.504 e. The van der Waals surface area contributed by atoms with E-state index in [0.29, 0.717) is 0 Å². The molecule has 66 valence electrons. The van der Waals surface area contributed by atoms with Crippen molar-refractivity contribution in [3.8, 4) is 11.8 Å². The number of hydrogen-bond acceptors (Lipinski definition) is 3. The molecule has 0 bridgehead atoms. The van der Waals surface area contributed by atoms with Crippen LogP contribution in [0.5, 0.6) is 5.75 Å². The Morgan fingerprint density at radius 2 is 2.15 bits per heavy atom. The van der Waals surface area contributed by atoms with Gasteiger partial charge in [0.05, 0.1) is 5.56 Å². The van der Waals surface area contributed by atoms with E-state index in [4.69, 9.17) is 15.5 Å². The van der Waals surface area contributed by atoms with E-state index < -0.39 is 28.7 Å². The van der Waals surface area contributed by atoms with Gasteiger partial charge in [0.25, 0.3) is 0 Å². The third kappa shape index (κ3) is 1.42. The van der Waals surface area contributed by atoms with E-state index >= 15 is 0 Å². The second-order valence-electron chi connectivity index (χ2n) is 2.24. The molecule has 13 heavy (non-hydrogen) atoms. The number of aromatic carboxylic acids is 1. The molecule has 0 saturated heterocycles. The summed E-state index contributed by atoms with van der Waals surface area (Å²) in [5.41, 5.74) is -0.978. The highest BCUT2D eigenvalue weighted by atomic mass is 19.1. The fourth-order valence-corrected chi connectivity index (χ4v) is 0.857. The fraction of sp³-hybridized carbons (Fsp3) is 0. The Bertz CT molecular complexity index is 409. The molecule has 0 spiro atoms. The molecular formula is C8H4FNO3. The van der Waals surface area contributed by atoms with Gasteiger partial charge in [-0.25, -0.2) is 9.18 Å². The normalized spacial score (nSPS) is 9.23. The number of halogens is 1. The van der Waals surface area contributed by atoms with Crippen LogP contribution in [0.15, 0.2) is 12.1 Å². The van der Waals surface area contributed by atoms with Crippen LogP contribution in [0.4, 0.5) is 4.39 Å². The molecule has 1 aromatic rings. The molecule has 0 aliphatic rings.